The van der Waals surface area contributed by atoms with Crippen LogP contribution in [0.5, 0.6) is 0 Å². The Bertz CT molecular complexity index is 493. The van der Waals surface area contributed by atoms with E-state index in [2.05, 4.69) is 0 Å². The van der Waals surface area contributed by atoms with Crippen molar-refractivity contribution in [3.63, 3.8) is 0 Å². The molecule has 2 nitrogen and oxygen atoms in total. The van der Waals surface area contributed by atoms with E-state index in [9.17, 15) is 18.0 Å². The number of alkyl halides is 3. The maximum Gasteiger partial charge on any atom is 0.418 e. The normalized spacial score (nSPS) is 11.0. The molecule has 1 rings (SSSR count). The summed E-state index contributed by atoms with van der Waals surface area (Å²) in [6, 6.07) is 3.56. The maximum atomic E-state index is 12.6. The van der Waals surface area contributed by atoms with Crippen molar-refractivity contribution in [1.29, 1.82) is 5.26 Å². The van der Waals surface area contributed by atoms with Crippen LogP contribution >= 0.6 is 34.2 Å². The molecule has 0 aromatic heterocycles. The molecule has 0 spiro atoms. The van der Waals surface area contributed by atoms with Crippen molar-refractivity contribution < 1.29 is 18.0 Å². The van der Waals surface area contributed by atoms with Gasteiger partial charge in [-0.3, -0.25) is 4.79 Å². The highest BCUT2D eigenvalue weighted by molar-refractivity contribution is 14.1. The number of benzene rings is 1. The van der Waals surface area contributed by atoms with Crippen LogP contribution in [0.1, 0.15) is 21.5 Å². The maximum absolute atomic E-state index is 12.6. The van der Waals surface area contributed by atoms with Gasteiger partial charge in [-0.05, 0) is 46.3 Å². The molecule has 0 aliphatic rings. The molecule has 0 amide bonds. The van der Waals surface area contributed by atoms with Crippen LogP contribution in [0.15, 0.2) is 12.1 Å². The predicted molar refractivity (Wildman–Crippen MR) is 59.1 cm³/mol. The summed E-state index contributed by atoms with van der Waals surface area (Å²) in [6.07, 6.45) is -4.69. The van der Waals surface area contributed by atoms with Gasteiger partial charge >= 0.3 is 6.18 Å². The number of halogens is 5. The van der Waals surface area contributed by atoms with Crippen LogP contribution in [0, 0.1) is 14.9 Å². The molecule has 0 saturated carbocycles. The number of nitrogens with zero attached hydrogens (tertiary/aromatic N) is 1. The molecular formula is C9H2ClF3INO. The first kappa shape index (κ1) is 13.3. The first-order chi connectivity index (χ1) is 7.29. The van der Waals surface area contributed by atoms with Crippen LogP contribution < -0.4 is 0 Å². The van der Waals surface area contributed by atoms with E-state index in [0.717, 1.165) is 12.1 Å². The van der Waals surface area contributed by atoms with Gasteiger partial charge in [0.25, 0.3) is 5.24 Å². The van der Waals surface area contributed by atoms with Crippen LogP contribution in [-0.2, 0) is 6.18 Å². The van der Waals surface area contributed by atoms with Crippen LogP contribution in [0.4, 0.5) is 13.2 Å². The minimum atomic E-state index is -4.69. The van der Waals surface area contributed by atoms with Crippen molar-refractivity contribution in [1.82, 2.24) is 0 Å². The van der Waals surface area contributed by atoms with Gasteiger partial charge in [0.1, 0.15) is 6.07 Å². The molecule has 0 N–H and O–H groups in total. The molecule has 0 saturated heterocycles. The van der Waals surface area contributed by atoms with Gasteiger partial charge in [0.05, 0.1) is 16.7 Å². The number of nitriles is 1. The summed E-state index contributed by atoms with van der Waals surface area (Å²) in [7, 11) is 0. The SMILES string of the molecule is N#Cc1c(C(=O)Cl)ccc(I)c1C(F)(F)F. The molecule has 0 fully saturated rings. The molecule has 0 aliphatic carbocycles. The summed E-state index contributed by atoms with van der Waals surface area (Å²) in [5, 5.41) is 7.59. The molecule has 1 aromatic carbocycles. The lowest BCUT2D eigenvalue weighted by Gasteiger charge is -2.12. The zero-order valence-electron chi connectivity index (χ0n) is 7.40. The third-order valence-corrected chi connectivity index (χ3v) is 2.86. The monoisotopic (exact) mass is 359 g/mol. The Morgan fingerprint density at radius 3 is 2.38 bits per heavy atom. The molecular weight excluding hydrogens is 357 g/mol. The minimum Gasteiger partial charge on any atom is -0.276 e. The highest BCUT2D eigenvalue weighted by Gasteiger charge is 2.37. The molecule has 0 aliphatic heterocycles. The zero-order valence-corrected chi connectivity index (χ0v) is 10.3. The third kappa shape index (κ3) is 2.47. The smallest absolute Gasteiger partial charge is 0.276 e. The molecule has 84 valence electrons. The molecule has 7 heteroatoms. The largest absolute Gasteiger partial charge is 0.418 e. The Balaban J connectivity index is 3.66. The average Bonchev–Trinajstić information content (AvgIpc) is 2.14. The van der Waals surface area contributed by atoms with Gasteiger partial charge in [0.15, 0.2) is 0 Å². The fourth-order valence-corrected chi connectivity index (χ4v) is 2.05. The highest BCUT2D eigenvalue weighted by Crippen LogP contribution is 2.36. The van der Waals surface area contributed by atoms with Crippen molar-refractivity contribution >= 4 is 39.4 Å². The Kier molecular flexibility index (Phi) is 3.80. The van der Waals surface area contributed by atoms with E-state index in [4.69, 9.17) is 16.9 Å². The summed E-state index contributed by atoms with van der Waals surface area (Å²) in [4.78, 5) is 10.9. The van der Waals surface area contributed by atoms with Crippen molar-refractivity contribution in [3.05, 3.63) is 32.4 Å². The van der Waals surface area contributed by atoms with E-state index in [-0.39, 0.29) is 3.57 Å². The van der Waals surface area contributed by atoms with Crippen molar-refractivity contribution in [2.45, 2.75) is 6.18 Å². The minimum absolute atomic E-state index is 0.150. The first-order valence-electron chi connectivity index (χ1n) is 3.78. The van der Waals surface area contributed by atoms with Crippen LogP contribution in [0.3, 0.4) is 0 Å². The van der Waals surface area contributed by atoms with Gasteiger partial charge in [0, 0.05) is 3.57 Å². The summed E-state index contributed by atoms with van der Waals surface area (Å²) in [5.41, 5.74) is -2.29. The van der Waals surface area contributed by atoms with E-state index in [0.29, 0.717) is 0 Å². The highest BCUT2D eigenvalue weighted by atomic mass is 127. The quantitative estimate of drug-likeness (QED) is 0.568. The van der Waals surface area contributed by atoms with E-state index >= 15 is 0 Å². The zero-order chi connectivity index (χ0) is 12.5. The fourth-order valence-electron chi connectivity index (χ4n) is 1.13. The Morgan fingerprint density at radius 2 is 2.00 bits per heavy atom. The lowest BCUT2D eigenvalue weighted by molar-refractivity contribution is -0.138. The average molecular weight is 359 g/mol. The van der Waals surface area contributed by atoms with Gasteiger partial charge in [-0.1, -0.05) is 0 Å². The van der Waals surface area contributed by atoms with Gasteiger partial charge in [0.2, 0.25) is 0 Å². The Morgan fingerprint density at radius 1 is 1.44 bits per heavy atom. The molecule has 0 heterocycles. The third-order valence-electron chi connectivity index (χ3n) is 1.76. The van der Waals surface area contributed by atoms with Gasteiger partial charge in [-0.2, -0.15) is 18.4 Å². The molecule has 0 atom stereocenters. The van der Waals surface area contributed by atoms with E-state index < -0.39 is 28.1 Å². The second-order valence-electron chi connectivity index (χ2n) is 2.73. The Hall–Kier alpha value is -0.810. The van der Waals surface area contributed by atoms with Crippen molar-refractivity contribution in [3.8, 4) is 6.07 Å². The fraction of sp³-hybridized carbons (Fsp3) is 0.111. The number of hydrogen-bond donors (Lipinski definition) is 0. The summed E-state index contributed by atoms with van der Waals surface area (Å²) >= 11 is 6.55. The summed E-state index contributed by atoms with van der Waals surface area (Å²) in [6.45, 7) is 0. The van der Waals surface area contributed by atoms with E-state index in [1.165, 1.54) is 28.7 Å². The molecule has 0 radical (unpaired) electrons. The van der Waals surface area contributed by atoms with E-state index in [1.807, 2.05) is 0 Å². The van der Waals surface area contributed by atoms with Crippen LogP contribution in [0.25, 0.3) is 0 Å². The lowest BCUT2D eigenvalue weighted by atomic mass is 10.0. The standard InChI is InChI=1S/C9H2ClF3INO/c10-8(16)4-1-2-6(14)7(5(4)3-15)9(11,12)13/h1-2H. The molecule has 0 unspecified atom stereocenters. The van der Waals surface area contributed by atoms with Gasteiger partial charge < -0.3 is 0 Å². The number of hydrogen-bond acceptors (Lipinski definition) is 2. The van der Waals surface area contributed by atoms with Crippen LogP contribution in [-0.4, -0.2) is 5.24 Å². The number of carbonyl (C=O) groups is 1. The van der Waals surface area contributed by atoms with E-state index in [1.54, 1.807) is 0 Å². The summed E-state index contributed by atoms with van der Waals surface area (Å²) < 4.78 is 37.7. The van der Waals surface area contributed by atoms with Gasteiger partial charge in [-0.25, -0.2) is 0 Å². The molecule has 16 heavy (non-hydrogen) atoms. The first-order valence-corrected chi connectivity index (χ1v) is 5.24. The summed E-state index contributed by atoms with van der Waals surface area (Å²) in [5.74, 6) is 0. The number of rotatable bonds is 1. The predicted octanol–water partition coefficient (Wildman–Crippen LogP) is 3.56. The molecule has 1 aromatic rings. The second-order valence-corrected chi connectivity index (χ2v) is 4.23. The van der Waals surface area contributed by atoms with Gasteiger partial charge in [-0.15, -0.1) is 0 Å². The second kappa shape index (κ2) is 4.59. The van der Waals surface area contributed by atoms with Crippen molar-refractivity contribution in [2.75, 3.05) is 0 Å². The number of carbonyl (C=O) groups excluding carboxylic acids is 1. The van der Waals surface area contributed by atoms with Crippen molar-refractivity contribution in [2.24, 2.45) is 0 Å². The lowest BCUT2D eigenvalue weighted by Crippen LogP contribution is -2.13. The van der Waals surface area contributed by atoms with Crippen LogP contribution in [0.2, 0.25) is 0 Å². The molecule has 0 bridgehead atoms. The topological polar surface area (TPSA) is 40.9 Å². The Labute approximate surface area is 107 Å².